The van der Waals surface area contributed by atoms with Crippen LogP contribution in [0.3, 0.4) is 0 Å². The molecule has 0 amide bonds. The van der Waals surface area contributed by atoms with Crippen LogP contribution in [0.1, 0.15) is 90.8 Å². The maximum absolute atomic E-state index is 2.25. The van der Waals surface area contributed by atoms with E-state index in [0.29, 0.717) is 11.8 Å². The highest BCUT2D eigenvalue weighted by atomic mass is 14.2. The van der Waals surface area contributed by atoms with Gasteiger partial charge in [0, 0.05) is 0 Å². The van der Waals surface area contributed by atoms with Gasteiger partial charge in [-0.2, -0.15) is 0 Å². The first-order valence-corrected chi connectivity index (χ1v) is 9.37. The van der Waals surface area contributed by atoms with Gasteiger partial charge in [0.2, 0.25) is 0 Å². The summed E-state index contributed by atoms with van der Waals surface area (Å²) in [5, 5.41) is 0. The summed E-state index contributed by atoms with van der Waals surface area (Å²) in [5.74, 6) is 1.29. The van der Waals surface area contributed by atoms with Crippen molar-refractivity contribution in [1.82, 2.24) is 0 Å². The molecule has 2 aromatic rings. The summed E-state index contributed by atoms with van der Waals surface area (Å²) in [7, 11) is 0. The van der Waals surface area contributed by atoms with E-state index in [1.54, 1.807) is 0 Å². The Morgan fingerprint density at radius 2 is 0.958 bits per heavy atom. The summed E-state index contributed by atoms with van der Waals surface area (Å²) >= 11 is 0. The largest absolute Gasteiger partial charge is 0.0683 e. The Balaban J connectivity index is 0.000000420. The molecule has 0 heterocycles. The second kappa shape index (κ2) is 11.1. The third-order valence-corrected chi connectivity index (χ3v) is 3.91. The molecular weight excluding hydrogens is 288 g/mol. The molecule has 2 aromatic carbocycles. The van der Waals surface area contributed by atoms with Crippen LogP contribution in [0.4, 0.5) is 0 Å². The van der Waals surface area contributed by atoms with Crippen molar-refractivity contribution in [2.75, 3.05) is 0 Å². The third kappa shape index (κ3) is 8.34. The maximum atomic E-state index is 2.25. The first-order valence-electron chi connectivity index (χ1n) is 9.37. The predicted molar refractivity (Wildman–Crippen MR) is 111 cm³/mol. The van der Waals surface area contributed by atoms with Crippen molar-refractivity contribution in [3.63, 3.8) is 0 Å². The third-order valence-electron chi connectivity index (χ3n) is 3.91. The molecule has 0 nitrogen and oxygen atoms in total. The molecule has 0 fully saturated rings. The molecule has 0 spiro atoms. The van der Waals surface area contributed by atoms with Crippen molar-refractivity contribution in [2.24, 2.45) is 0 Å². The van der Waals surface area contributed by atoms with Gasteiger partial charge in [-0.1, -0.05) is 117 Å². The SMILES string of the molecule is CC.CC(C)c1ccc(C(C)(C)C)cc1.CC(C)c1ccccc1. The molecule has 0 radical (unpaired) electrons. The number of hydrogen-bond donors (Lipinski definition) is 0. The Bertz CT molecular complexity index is 525. The molecule has 0 aliphatic rings. The zero-order valence-corrected chi connectivity index (χ0v) is 17.4. The highest BCUT2D eigenvalue weighted by Gasteiger charge is 2.12. The van der Waals surface area contributed by atoms with E-state index in [1.807, 2.05) is 19.9 Å². The van der Waals surface area contributed by atoms with Gasteiger partial charge in [-0.15, -0.1) is 0 Å². The highest BCUT2D eigenvalue weighted by Crippen LogP contribution is 2.24. The van der Waals surface area contributed by atoms with Crippen molar-refractivity contribution < 1.29 is 0 Å². The smallest absolute Gasteiger partial charge is 0.0132 e. The minimum Gasteiger partial charge on any atom is -0.0683 e. The van der Waals surface area contributed by atoms with E-state index < -0.39 is 0 Å². The minimum atomic E-state index is 0.273. The van der Waals surface area contributed by atoms with E-state index in [2.05, 4.69) is 97.0 Å². The van der Waals surface area contributed by atoms with Gasteiger partial charge in [0.05, 0.1) is 0 Å². The van der Waals surface area contributed by atoms with Gasteiger partial charge in [0.1, 0.15) is 0 Å². The van der Waals surface area contributed by atoms with Crippen LogP contribution >= 0.6 is 0 Å². The van der Waals surface area contributed by atoms with Crippen molar-refractivity contribution in [3.05, 3.63) is 71.3 Å². The van der Waals surface area contributed by atoms with Crippen molar-refractivity contribution in [1.29, 1.82) is 0 Å². The van der Waals surface area contributed by atoms with Gasteiger partial charge >= 0.3 is 0 Å². The fourth-order valence-electron chi connectivity index (χ4n) is 2.21. The standard InChI is InChI=1S/C13H20.C9H12.C2H6/c1-10(2)11-6-8-12(9-7-11)13(3,4)5;1-8(2)9-6-4-3-5-7-9;1-2/h6-10H,1-5H3;3-8H,1-2H3;1-2H3. The summed E-state index contributed by atoms with van der Waals surface area (Å²) in [6.45, 7) is 19.6. The molecule has 0 atom stereocenters. The molecule has 24 heavy (non-hydrogen) atoms. The lowest BCUT2D eigenvalue weighted by atomic mass is 9.86. The average molecular weight is 327 g/mol. The van der Waals surface area contributed by atoms with Crippen molar-refractivity contribution >= 4 is 0 Å². The van der Waals surface area contributed by atoms with Gasteiger partial charge in [0.15, 0.2) is 0 Å². The fourth-order valence-corrected chi connectivity index (χ4v) is 2.21. The van der Waals surface area contributed by atoms with Crippen LogP contribution < -0.4 is 0 Å². The van der Waals surface area contributed by atoms with Gasteiger partial charge in [0.25, 0.3) is 0 Å². The molecule has 0 N–H and O–H groups in total. The molecule has 134 valence electrons. The predicted octanol–water partition coefficient (Wildman–Crippen LogP) is 7.94. The van der Waals surface area contributed by atoms with Crippen LogP contribution in [-0.4, -0.2) is 0 Å². The van der Waals surface area contributed by atoms with Crippen LogP contribution in [0.5, 0.6) is 0 Å². The second-order valence-corrected chi connectivity index (χ2v) is 7.59. The zero-order chi connectivity index (χ0) is 18.8. The van der Waals surface area contributed by atoms with Gasteiger partial charge < -0.3 is 0 Å². The fraction of sp³-hybridized carbons (Fsp3) is 0.500. The van der Waals surface area contributed by atoms with Crippen molar-refractivity contribution in [3.8, 4) is 0 Å². The minimum absolute atomic E-state index is 0.273. The molecule has 0 saturated heterocycles. The summed E-state index contributed by atoms with van der Waals surface area (Å²) in [6.07, 6.45) is 0. The van der Waals surface area contributed by atoms with E-state index in [0.717, 1.165) is 0 Å². The van der Waals surface area contributed by atoms with Crippen LogP contribution in [0.15, 0.2) is 54.6 Å². The lowest BCUT2D eigenvalue weighted by Crippen LogP contribution is -2.10. The number of benzene rings is 2. The monoisotopic (exact) mass is 326 g/mol. The molecule has 0 bridgehead atoms. The second-order valence-electron chi connectivity index (χ2n) is 7.59. The lowest BCUT2D eigenvalue weighted by molar-refractivity contribution is 0.589. The first kappa shape index (κ1) is 22.4. The van der Waals surface area contributed by atoms with Gasteiger partial charge in [-0.05, 0) is 33.9 Å². The number of rotatable bonds is 2. The summed E-state index contributed by atoms with van der Waals surface area (Å²) in [6, 6.07) is 19.5. The average Bonchev–Trinajstić information content (AvgIpc) is 2.57. The van der Waals surface area contributed by atoms with E-state index in [-0.39, 0.29) is 5.41 Å². The van der Waals surface area contributed by atoms with Crippen LogP contribution in [0.2, 0.25) is 0 Å². The summed E-state index contributed by atoms with van der Waals surface area (Å²) in [5.41, 5.74) is 4.53. The highest BCUT2D eigenvalue weighted by molar-refractivity contribution is 5.28. The molecule has 0 saturated carbocycles. The van der Waals surface area contributed by atoms with E-state index >= 15 is 0 Å². The Morgan fingerprint density at radius 1 is 0.583 bits per heavy atom. The van der Waals surface area contributed by atoms with Crippen LogP contribution in [-0.2, 0) is 5.41 Å². The molecule has 0 heteroatoms. The quantitative estimate of drug-likeness (QED) is 0.525. The maximum Gasteiger partial charge on any atom is -0.0132 e. The molecule has 0 aromatic heterocycles. The first-order chi connectivity index (χ1) is 11.2. The van der Waals surface area contributed by atoms with E-state index in [9.17, 15) is 0 Å². The van der Waals surface area contributed by atoms with Crippen LogP contribution in [0, 0.1) is 0 Å². The molecular formula is C24H38. The lowest BCUT2D eigenvalue weighted by Gasteiger charge is -2.19. The topological polar surface area (TPSA) is 0 Å². The summed E-state index contributed by atoms with van der Waals surface area (Å²) in [4.78, 5) is 0. The summed E-state index contributed by atoms with van der Waals surface area (Å²) < 4.78 is 0. The molecule has 0 unspecified atom stereocenters. The van der Waals surface area contributed by atoms with Gasteiger partial charge in [-0.25, -0.2) is 0 Å². The molecule has 0 aliphatic carbocycles. The Morgan fingerprint density at radius 3 is 1.25 bits per heavy atom. The van der Waals surface area contributed by atoms with E-state index in [1.165, 1.54) is 16.7 Å². The molecule has 2 rings (SSSR count). The van der Waals surface area contributed by atoms with E-state index in [4.69, 9.17) is 0 Å². The number of hydrogen-bond acceptors (Lipinski definition) is 0. The Labute approximate surface area is 151 Å². The van der Waals surface area contributed by atoms with Crippen molar-refractivity contribution in [2.45, 2.75) is 79.6 Å². The van der Waals surface area contributed by atoms with Gasteiger partial charge in [-0.3, -0.25) is 0 Å². The zero-order valence-electron chi connectivity index (χ0n) is 17.4. The molecule has 0 aliphatic heterocycles. The Kier molecular flexibility index (Phi) is 10.4. The normalized spacial score (nSPS) is 10.6. The van der Waals surface area contributed by atoms with Crippen LogP contribution in [0.25, 0.3) is 0 Å². The Hall–Kier alpha value is -1.56.